The number of nitrogens with zero attached hydrogens (tertiary/aromatic N) is 3. The minimum Gasteiger partial charge on any atom is -0.376 e. The minimum absolute atomic E-state index is 0.0712. The molecule has 7 heteroatoms. The number of anilines is 1. The molecule has 194 valence electrons. The fraction of sp³-hybridized carbons (Fsp3) is 0.258. The van der Waals surface area contributed by atoms with Crippen molar-refractivity contribution >= 4 is 17.8 Å². The van der Waals surface area contributed by atoms with Gasteiger partial charge in [0, 0.05) is 36.2 Å². The third kappa shape index (κ3) is 6.01. The summed E-state index contributed by atoms with van der Waals surface area (Å²) in [4.78, 5) is 33.0. The van der Waals surface area contributed by atoms with Crippen LogP contribution in [0.3, 0.4) is 0 Å². The summed E-state index contributed by atoms with van der Waals surface area (Å²) in [5.74, 6) is -0.112. The van der Waals surface area contributed by atoms with Crippen LogP contribution in [0.25, 0.3) is 16.9 Å². The van der Waals surface area contributed by atoms with Gasteiger partial charge in [-0.25, -0.2) is 4.98 Å². The van der Waals surface area contributed by atoms with Gasteiger partial charge in [0.15, 0.2) is 0 Å². The second kappa shape index (κ2) is 11.4. The monoisotopic (exact) mass is 508 g/mol. The van der Waals surface area contributed by atoms with Crippen molar-refractivity contribution < 1.29 is 14.3 Å². The molecule has 7 nitrogen and oxygen atoms in total. The maximum Gasteiger partial charge on any atom is 0.254 e. The summed E-state index contributed by atoms with van der Waals surface area (Å²) in [6.07, 6.45) is 3.68. The zero-order valence-corrected chi connectivity index (χ0v) is 21.8. The van der Waals surface area contributed by atoms with Gasteiger partial charge in [0.05, 0.1) is 11.8 Å². The molecule has 0 saturated carbocycles. The number of amides is 2. The Balaban J connectivity index is 1.41. The van der Waals surface area contributed by atoms with Gasteiger partial charge in [-0.05, 0) is 51.0 Å². The Bertz CT molecular complexity index is 1390. The molecule has 1 aromatic heterocycles. The van der Waals surface area contributed by atoms with Gasteiger partial charge in [-0.2, -0.15) is 0 Å². The van der Waals surface area contributed by atoms with Crippen molar-refractivity contribution in [1.82, 2.24) is 14.5 Å². The van der Waals surface area contributed by atoms with E-state index in [1.165, 1.54) is 0 Å². The van der Waals surface area contributed by atoms with Gasteiger partial charge in [0.1, 0.15) is 6.54 Å². The molecule has 5 rings (SSSR count). The number of aromatic nitrogens is 2. The van der Waals surface area contributed by atoms with Gasteiger partial charge in [-0.1, -0.05) is 65.7 Å². The van der Waals surface area contributed by atoms with Gasteiger partial charge in [-0.15, -0.1) is 0 Å². The maximum atomic E-state index is 13.4. The standard InChI is InChI=1S/C31H32N4O3/c1-22-10-14-24(15-11-22)28-20-35(26-16-12-23(2)13-17-26)31(32-28)33-29(36)21-34(19-27-9-6-18-38-27)30(37)25-7-4-3-5-8-25/h3-5,7-8,10-17,20,27H,6,9,18-19,21H2,1-2H3,(H,32,33,36). The number of benzene rings is 3. The largest absolute Gasteiger partial charge is 0.376 e. The maximum absolute atomic E-state index is 13.4. The van der Waals surface area contributed by atoms with Gasteiger partial charge >= 0.3 is 0 Å². The van der Waals surface area contributed by atoms with Gasteiger partial charge in [0.2, 0.25) is 11.9 Å². The van der Waals surface area contributed by atoms with E-state index < -0.39 is 0 Å². The third-order valence-electron chi connectivity index (χ3n) is 6.71. The molecule has 1 saturated heterocycles. The Morgan fingerprint density at radius 1 is 0.974 bits per heavy atom. The molecule has 4 aromatic rings. The molecule has 1 N–H and O–H groups in total. The first-order chi connectivity index (χ1) is 18.5. The summed E-state index contributed by atoms with van der Waals surface area (Å²) in [7, 11) is 0. The predicted octanol–water partition coefficient (Wildman–Crippen LogP) is 5.42. The summed E-state index contributed by atoms with van der Waals surface area (Å²) in [5.41, 5.74) is 5.43. The summed E-state index contributed by atoms with van der Waals surface area (Å²) in [5, 5.41) is 2.97. The average Bonchev–Trinajstić information content (AvgIpc) is 3.59. The third-order valence-corrected chi connectivity index (χ3v) is 6.71. The molecule has 0 bridgehead atoms. The normalized spacial score (nSPS) is 14.8. The molecule has 1 aliphatic heterocycles. The smallest absolute Gasteiger partial charge is 0.254 e. The molecule has 0 spiro atoms. The highest BCUT2D eigenvalue weighted by Gasteiger charge is 2.26. The van der Waals surface area contributed by atoms with Crippen LogP contribution in [-0.4, -0.2) is 52.1 Å². The number of carbonyl (C=O) groups excluding carboxylic acids is 2. The van der Waals surface area contributed by atoms with E-state index >= 15 is 0 Å². The lowest BCUT2D eigenvalue weighted by molar-refractivity contribution is -0.117. The topological polar surface area (TPSA) is 76.5 Å². The van der Waals surface area contributed by atoms with Crippen molar-refractivity contribution in [2.24, 2.45) is 0 Å². The van der Waals surface area contributed by atoms with Crippen LogP contribution >= 0.6 is 0 Å². The van der Waals surface area contributed by atoms with Crippen molar-refractivity contribution in [2.75, 3.05) is 25.0 Å². The van der Waals surface area contributed by atoms with E-state index in [0.29, 0.717) is 24.7 Å². The van der Waals surface area contributed by atoms with E-state index in [-0.39, 0.29) is 24.5 Å². The Kier molecular flexibility index (Phi) is 7.65. The molecule has 1 unspecified atom stereocenters. The van der Waals surface area contributed by atoms with E-state index in [4.69, 9.17) is 9.72 Å². The van der Waals surface area contributed by atoms with Crippen molar-refractivity contribution in [3.8, 4) is 16.9 Å². The fourth-order valence-electron chi connectivity index (χ4n) is 4.59. The second-order valence-corrected chi connectivity index (χ2v) is 9.76. The van der Waals surface area contributed by atoms with E-state index in [2.05, 4.69) is 5.32 Å². The van der Waals surface area contributed by atoms with Gasteiger partial charge in [-0.3, -0.25) is 19.5 Å². The summed E-state index contributed by atoms with van der Waals surface area (Å²) < 4.78 is 7.65. The van der Waals surface area contributed by atoms with Crippen LogP contribution in [0.4, 0.5) is 5.95 Å². The molecule has 1 atom stereocenters. The molecule has 2 heterocycles. The Hall–Kier alpha value is -4.23. The SMILES string of the molecule is Cc1ccc(-c2cn(-c3ccc(C)cc3)c(NC(=O)CN(CC3CCCO3)C(=O)c3ccccc3)n2)cc1. The highest BCUT2D eigenvalue weighted by Crippen LogP contribution is 2.25. The van der Waals surface area contributed by atoms with Gasteiger partial charge in [0.25, 0.3) is 5.91 Å². The van der Waals surface area contributed by atoms with Crippen LogP contribution in [0.5, 0.6) is 0 Å². The van der Waals surface area contributed by atoms with Crippen LogP contribution in [-0.2, 0) is 9.53 Å². The first-order valence-electron chi connectivity index (χ1n) is 13.0. The molecule has 0 aliphatic carbocycles. The van der Waals surface area contributed by atoms with E-state index in [1.807, 2.05) is 91.3 Å². The molecule has 1 aliphatic rings. The minimum atomic E-state index is -0.318. The highest BCUT2D eigenvalue weighted by atomic mass is 16.5. The first-order valence-corrected chi connectivity index (χ1v) is 13.0. The fourth-order valence-corrected chi connectivity index (χ4v) is 4.59. The molecular weight excluding hydrogens is 476 g/mol. The lowest BCUT2D eigenvalue weighted by Gasteiger charge is -2.25. The van der Waals surface area contributed by atoms with E-state index in [0.717, 1.165) is 40.9 Å². The number of hydrogen-bond acceptors (Lipinski definition) is 4. The number of nitrogens with one attached hydrogen (secondary N) is 1. The highest BCUT2D eigenvalue weighted by molar-refractivity contribution is 5.99. The summed E-state index contributed by atoms with van der Waals surface area (Å²) in [6, 6.07) is 25.2. The van der Waals surface area contributed by atoms with Crippen LogP contribution in [0.2, 0.25) is 0 Å². The van der Waals surface area contributed by atoms with E-state index in [9.17, 15) is 9.59 Å². The van der Waals surface area contributed by atoms with Gasteiger partial charge < -0.3 is 9.64 Å². The Labute approximate surface area is 223 Å². The lowest BCUT2D eigenvalue weighted by Crippen LogP contribution is -2.42. The number of ether oxygens (including phenoxy) is 1. The van der Waals surface area contributed by atoms with Crippen LogP contribution in [0, 0.1) is 13.8 Å². The van der Waals surface area contributed by atoms with Crippen molar-refractivity contribution in [3.05, 3.63) is 102 Å². The average molecular weight is 509 g/mol. The zero-order valence-electron chi connectivity index (χ0n) is 21.8. The molecule has 3 aromatic carbocycles. The number of rotatable bonds is 8. The zero-order chi connectivity index (χ0) is 26.5. The number of carbonyl (C=O) groups is 2. The van der Waals surface area contributed by atoms with Crippen LogP contribution < -0.4 is 5.32 Å². The van der Waals surface area contributed by atoms with Crippen LogP contribution in [0.1, 0.15) is 34.3 Å². The quantitative estimate of drug-likeness (QED) is 0.345. The Morgan fingerprint density at radius 2 is 1.66 bits per heavy atom. The van der Waals surface area contributed by atoms with Crippen molar-refractivity contribution in [1.29, 1.82) is 0 Å². The summed E-state index contributed by atoms with van der Waals surface area (Å²) in [6.45, 7) is 5.01. The lowest BCUT2D eigenvalue weighted by atomic mass is 10.1. The molecule has 1 fully saturated rings. The number of aryl methyl sites for hydroxylation is 2. The van der Waals surface area contributed by atoms with Crippen molar-refractivity contribution in [2.45, 2.75) is 32.8 Å². The first kappa shape index (κ1) is 25.4. The molecule has 38 heavy (non-hydrogen) atoms. The van der Waals surface area contributed by atoms with E-state index in [1.54, 1.807) is 17.0 Å². The molecule has 2 amide bonds. The Morgan fingerprint density at radius 3 is 2.32 bits per heavy atom. The number of hydrogen-bond donors (Lipinski definition) is 1. The predicted molar refractivity (Wildman–Crippen MR) is 148 cm³/mol. The van der Waals surface area contributed by atoms with Crippen LogP contribution in [0.15, 0.2) is 85.1 Å². The second-order valence-electron chi connectivity index (χ2n) is 9.76. The number of imidazole rings is 1. The van der Waals surface area contributed by atoms with Crippen molar-refractivity contribution in [3.63, 3.8) is 0 Å². The molecule has 0 radical (unpaired) electrons. The summed E-state index contributed by atoms with van der Waals surface area (Å²) >= 11 is 0. The molecular formula is C31H32N4O3.